The minimum absolute atomic E-state index is 0.0585. The number of hydrogen-bond acceptors (Lipinski definition) is 5. The Labute approximate surface area is 348 Å². The molecule has 1 amide bonds. The van der Waals surface area contributed by atoms with Crippen LogP contribution in [0.15, 0.2) is 24.3 Å². The van der Waals surface area contributed by atoms with Gasteiger partial charge >= 0.3 is 5.97 Å². The number of aliphatic hydroxyl groups excluding tert-OH is 2. The first kappa shape index (κ1) is 54.3. The van der Waals surface area contributed by atoms with Gasteiger partial charge in [-0.25, -0.2) is 0 Å². The lowest BCUT2D eigenvalue weighted by atomic mass is 10.0. The van der Waals surface area contributed by atoms with Gasteiger partial charge in [0.25, 0.3) is 0 Å². The van der Waals surface area contributed by atoms with E-state index in [9.17, 15) is 19.8 Å². The van der Waals surface area contributed by atoms with E-state index >= 15 is 0 Å². The van der Waals surface area contributed by atoms with Gasteiger partial charge < -0.3 is 20.3 Å². The normalized spacial score (nSPS) is 13.4. The maximum atomic E-state index is 13.1. The molecule has 0 aliphatic heterocycles. The summed E-state index contributed by atoms with van der Waals surface area (Å²) in [4.78, 5) is 26.0. The molecule has 6 nitrogen and oxygen atoms in total. The second-order valence-electron chi connectivity index (χ2n) is 16.9. The Hall–Kier alpha value is -1.66. The summed E-state index contributed by atoms with van der Waals surface area (Å²) in [6.45, 7) is 6.45. The van der Waals surface area contributed by atoms with E-state index in [1.807, 2.05) is 0 Å². The van der Waals surface area contributed by atoms with Crippen molar-refractivity contribution in [2.75, 3.05) is 6.61 Å². The number of allylic oxidation sites excluding steroid dienone is 4. The number of carbonyl (C=O) groups is 2. The Kier molecular flexibility index (Phi) is 43.1. The lowest BCUT2D eigenvalue weighted by Crippen LogP contribution is -2.46. The van der Waals surface area contributed by atoms with E-state index in [4.69, 9.17) is 4.74 Å². The Balaban J connectivity index is 4.56. The number of hydrogen-bond donors (Lipinski definition) is 3. The van der Waals surface area contributed by atoms with Crippen LogP contribution in [0.1, 0.15) is 258 Å². The van der Waals surface area contributed by atoms with Crippen LogP contribution in [-0.4, -0.2) is 46.9 Å². The van der Waals surface area contributed by atoms with Crippen LogP contribution in [0.25, 0.3) is 0 Å². The van der Waals surface area contributed by atoms with Crippen LogP contribution >= 0.6 is 0 Å². The second-order valence-corrected chi connectivity index (χ2v) is 16.9. The third-order valence-corrected chi connectivity index (χ3v) is 11.3. The van der Waals surface area contributed by atoms with E-state index in [0.717, 1.165) is 57.8 Å². The molecule has 0 bridgehead atoms. The molecule has 0 aromatic heterocycles. The quantitative estimate of drug-likeness (QED) is 0.0324. The first-order chi connectivity index (χ1) is 27.5. The summed E-state index contributed by atoms with van der Waals surface area (Å²) in [7, 11) is 0. The minimum Gasteiger partial charge on any atom is -0.462 e. The summed E-state index contributed by atoms with van der Waals surface area (Å²) in [5.74, 6) is -0.501. The topological polar surface area (TPSA) is 95.9 Å². The molecule has 3 atom stereocenters. The molecule has 0 saturated heterocycles. The number of aliphatic hydroxyl groups is 2. The van der Waals surface area contributed by atoms with Crippen molar-refractivity contribution in [2.45, 2.75) is 277 Å². The Morgan fingerprint density at radius 3 is 1.32 bits per heavy atom. The van der Waals surface area contributed by atoms with E-state index in [1.165, 1.54) is 154 Å². The van der Waals surface area contributed by atoms with E-state index in [0.29, 0.717) is 19.3 Å². The lowest BCUT2D eigenvalue weighted by Gasteiger charge is -2.24. The van der Waals surface area contributed by atoms with Gasteiger partial charge in [0.2, 0.25) is 5.91 Å². The number of carbonyl (C=O) groups excluding carboxylic acids is 2. The molecular weight excluding hydrogens is 695 g/mol. The maximum Gasteiger partial charge on any atom is 0.306 e. The molecule has 3 unspecified atom stereocenters. The molecule has 3 N–H and O–H groups in total. The van der Waals surface area contributed by atoms with Crippen molar-refractivity contribution in [3.8, 4) is 0 Å². The van der Waals surface area contributed by atoms with Gasteiger partial charge in [-0.1, -0.05) is 199 Å². The highest BCUT2D eigenvalue weighted by Crippen LogP contribution is 2.17. The van der Waals surface area contributed by atoms with Crippen molar-refractivity contribution in [1.82, 2.24) is 5.32 Å². The van der Waals surface area contributed by atoms with Crippen LogP contribution in [-0.2, 0) is 14.3 Å². The molecule has 0 saturated carbocycles. The molecule has 0 rings (SSSR count). The van der Waals surface area contributed by atoms with Gasteiger partial charge in [0.15, 0.2) is 0 Å². The van der Waals surface area contributed by atoms with Gasteiger partial charge in [-0.05, 0) is 70.6 Å². The molecule has 56 heavy (non-hydrogen) atoms. The fourth-order valence-electron chi connectivity index (χ4n) is 7.48. The zero-order valence-corrected chi connectivity index (χ0v) is 37.5. The zero-order valence-electron chi connectivity index (χ0n) is 37.5. The average Bonchev–Trinajstić information content (AvgIpc) is 3.19. The van der Waals surface area contributed by atoms with Gasteiger partial charge in [0.05, 0.1) is 25.2 Å². The van der Waals surface area contributed by atoms with Crippen LogP contribution in [0, 0.1) is 0 Å². The number of amides is 1. The number of ether oxygens (including phenoxy) is 1. The largest absolute Gasteiger partial charge is 0.462 e. The molecule has 0 spiro atoms. The molecule has 0 aliphatic carbocycles. The van der Waals surface area contributed by atoms with Crippen molar-refractivity contribution in [3.05, 3.63) is 24.3 Å². The van der Waals surface area contributed by atoms with E-state index < -0.39 is 18.2 Å². The predicted octanol–water partition coefficient (Wildman–Crippen LogP) is 14.3. The third kappa shape index (κ3) is 39.2. The first-order valence-corrected chi connectivity index (χ1v) is 24.6. The van der Waals surface area contributed by atoms with Gasteiger partial charge in [0, 0.05) is 6.42 Å². The molecule has 0 aliphatic rings. The molecule has 0 fully saturated rings. The summed E-state index contributed by atoms with van der Waals surface area (Å²) >= 11 is 0. The fourth-order valence-corrected chi connectivity index (χ4v) is 7.48. The molecule has 0 radical (unpaired) electrons. The van der Waals surface area contributed by atoms with Crippen LogP contribution in [0.2, 0.25) is 0 Å². The van der Waals surface area contributed by atoms with Gasteiger partial charge in [-0.3, -0.25) is 9.59 Å². The molecule has 0 aromatic rings. The van der Waals surface area contributed by atoms with Crippen molar-refractivity contribution < 1.29 is 24.5 Å². The lowest BCUT2D eigenvalue weighted by molar-refractivity contribution is -0.151. The Bertz CT molecular complexity index is 889. The van der Waals surface area contributed by atoms with Crippen molar-refractivity contribution in [3.63, 3.8) is 0 Å². The summed E-state index contributed by atoms with van der Waals surface area (Å²) in [5.41, 5.74) is 0. The van der Waals surface area contributed by atoms with Crippen LogP contribution < -0.4 is 5.32 Å². The molecule has 0 heterocycles. The van der Waals surface area contributed by atoms with Gasteiger partial charge in [-0.15, -0.1) is 0 Å². The molecular formula is C50H95NO5. The Morgan fingerprint density at radius 2 is 0.875 bits per heavy atom. The monoisotopic (exact) mass is 790 g/mol. The predicted molar refractivity (Wildman–Crippen MR) is 241 cm³/mol. The second kappa shape index (κ2) is 44.4. The SMILES string of the molecule is CCCCCC/C=C\CCCCCCCCCC(=O)OC(CCC/C=C\CCCCCCCC)CC(=O)NC(CO)C(O)CCCCCCCCCCCCC. The van der Waals surface area contributed by atoms with Crippen LogP contribution in [0.5, 0.6) is 0 Å². The van der Waals surface area contributed by atoms with Gasteiger partial charge in [-0.2, -0.15) is 0 Å². The van der Waals surface area contributed by atoms with Crippen molar-refractivity contribution in [1.29, 1.82) is 0 Å². The Morgan fingerprint density at radius 1 is 0.500 bits per heavy atom. The van der Waals surface area contributed by atoms with E-state index in [2.05, 4.69) is 50.4 Å². The molecule has 6 heteroatoms. The smallest absolute Gasteiger partial charge is 0.306 e. The number of unbranched alkanes of at least 4 members (excludes halogenated alkanes) is 28. The summed E-state index contributed by atoms with van der Waals surface area (Å²) in [6, 6.07) is -0.705. The summed E-state index contributed by atoms with van der Waals surface area (Å²) in [5, 5.41) is 23.7. The highest BCUT2D eigenvalue weighted by molar-refractivity contribution is 5.77. The minimum atomic E-state index is -0.790. The molecule has 0 aromatic carbocycles. The molecule has 330 valence electrons. The summed E-state index contributed by atoms with van der Waals surface area (Å²) < 4.78 is 5.90. The van der Waals surface area contributed by atoms with Crippen molar-refractivity contribution in [2.24, 2.45) is 0 Å². The average molecular weight is 790 g/mol. The van der Waals surface area contributed by atoms with Crippen LogP contribution in [0.4, 0.5) is 0 Å². The van der Waals surface area contributed by atoms with Crippen molar-refractivity contribution >= 4 is 11.9 Å². The standard InChI is InChI=1S/C50H95NO5/c1-4-7-10-13-16-19-22-23-24-25-28-31-34-37-40-43-50(55)56-46(41-38-35-32-29-26-20-17-14-11-8-5-2)44-49(54)51-47(45-52)48(53)42-39-36-33-30-27-21-18-15-12-9-6-3/h19,22,29,32,46-48,52-53H,4-18,20-21,23-28,30-31,33-45H2,1-3H3,(H,51,54)/b22-19-,32-29-. The first-order valence-electron chi connectivity index (χ1n) is 24.6. The fraction of sp³-hybridized carbons (Fsp3) is 0.880. The number of nitrogens with one attached hydrogen (secondary N) is 1. The zero-order chi connectivity index (χ0) is 41.0. The summed E-state index contributed by atoms with van der Waals surface area (Å²) in [6.07, 6.45) is 49.5. The van der Waals surface area contributed by atoms with E-state index in [-0.39, 0.29) is 24.9 Å². The van der Waals surface area contributed by atoms with Crippen LogP contribution in [0.3, 0.4) is 0 Å². The maximum absolute atomic E-state index is 13.1. The highest BCUT2D eigenvalue weighted by Gasteiger charge is 2.24. The third-order valence-electron chi connectivity index (χ3n) is 11.3. The highest BCUT2D eigenvalue weighted by atomic mass is 16.5. The number of esters is 1. The van der Waals surface area contributed by atoms with E-state index in [1.54, 1.807) is 0 Å². The number of rotatable bonds is 44. The van der Waals surface area contributed by atoms with Gasteiger partial charge in [0.1, 0.15) is 6.10 Å².